The highest BCUT2D eigenvalue weighted by Gasteiger charge is 2.32. The lowest BCUT2D eigenvalue weighted by Gasteiger charge is -2.26. The van der Waals surface area contributed by atoms with Gasteiger partial charge < -0.3 is 37.5 Å². The first-order chi connectivity index (χ1) is 20.6. The number of benzene rings is 2. The van der Waals surface area contributed by atoms with Crippen molar-refractivity contribution in [2.24, 2.45) is 17.4 Å². The highest BCUT2D eigenvalue weighted by molar-refractivity contribution is 5.95. The molecule has 2 aromatic carbocycles. The number of carboxylic acid groups (broad SMARTS) is 1. The smallest absolute Gasteiger partial charge is 0.326 e. The molecule has 5 unspecified atom stereocenters. The van der Waals surface area contributed by atoms with Gasteiger partial charge in [-0.05, 0) is 55.3 Å². The first-order valence-electron chi connectivity index (χ1n) is 14.8. The number of aromatic amines is 1. The van der Waals surface area contributed by atoms with E-state index in [-0.39, 0.29) is 25.2 Å². The minimum absolute atomic E-state index is 0.140. The number of hydrogen-bond donors (Lipinski definition) is 7. The van der Waals surface area contributed by atoms with Crippen LogP contribution in [0.4, 0.5) is 0 Å². The van der Waals surface area contributed by atoms with Crippen molar-refractivity contribution in [3.8, 4) is 0 Å². The van der Waals surface area contributed by atoms with Gasteiger partial charge in [-0.25, -0.2) is 4.79 Å². The van der Waals surface area contributed by atoms with E-state index in [1.807, 2.05) is 61.5 Å². The van der Waals surface area contributed by atoms with Gasteiger partial charge in [0.15, 0.2) is 0 Å². The predicted octanol–water partition coefficient (Wildman–Crippen LogP) is 1.99. The van der Waals surface area contributed by atoms with Crippen LogP contribution in [0.15, 0.2) is 60.8 Å². The minimum atomic E-state index is -1.15. The van der Waals surface area contributed by atoms with E-state index in [1.165, 1.54) is 0 Å². The lowest BCUT2D eigenvalue weighted by atomic mass is 9.98. The van der Waals surface area contributed by atoms with Crippen LogP contribution in [0.25, 0.3) is 10.9 Å². The Morgan fingerprint density at radius 3 is 2.19 bits per heavy atom. The van der Waals surface area contributed by atoms with Gasteiger partial charge in [-0.1, -0.05) is 68.8 Å². The van der Waals surface area contributed by atoms with Gasteiger partial charge in [-0.3, -0.25) is 14.4 Å². The standard InChI is InChI=1S/C32H44N6O5/c1-3-20(2)28(32(42)43)38-30(40)26(15-9-10-16-33)36-31(41)27(18-22-19-35-25-14-8-7-13-23(22)25)37-29(39)24(34)17-21-11-5-4-6-12-21/h4-8,11-14,19-20,24,26-28,35H,3,9-10,15-18,33-34H2,1-2H3,(H,36,41)(H,37,39)(H,38,40)(H,42,43). The third kappa shape index (κ3) is 9.65. The number of amides is 3. The summed E-state index contributed by atoms with van der Waals surface area (Å²) in [4.78, 5) is 55.4. The summed E-state index contributed by atoms with van der Waals surface area (Å²) < 4.78 is 0. The Hall–Kier alpha value is -4.22. The van der Waals surface area contributed by atoms with E-state index in [0.717, 1.165) is 22.0 Å². The third-order valence-corrected chi connectivity index (χ3v) is 7.72. The normalized spacial score (nSPS) is 14.7. The maximum atomic E-state index is 13.8. The fourth-order valence-electron chi connectivity index (χ4n) is 4.94. The fraction of sp³-hybridized carbons (Fsp3) is 0.438. The Kier molecular flexibility index (Phi) is 12.7. The molecule has 9 N–H and O–H groups in total. The quantitative estimate of drug-likeness (QED) is 0.117. The molecule has 0 bridgehead atoms. The molecule has 0 aliphatic carbocycles. The van der Waals surface area contributed by atoms with Crippen LogP contribution in [0.3, 0.4) is 0 Å². The van der Waals surface area contributed by atoms with Crippen LogP contribution >= 0.6 is 0 Å². The maximum absolute atomic E-state index is 13.8. The highest BCUT2D eigenvalue weighted by Crippen LogP contribution is 2.19. The molecule has 3 aromatic rings. The van der Waals surface area contributed by atoms with Crippen molar-refractivity contribution in [3.05, 3.63) is 71.9 Å². The SMILES string of the molecule is CCC(C)C(NC(=O)C(CCCCN)NC(=O)C(Cc1c[nH]c2ccccc12)NC(=O)C(N)Cc1ccccc1)C(=O)O. The molecule has 11 nitrogen and oxygen atoms in total. The molecule has 43 heavy (non-hydrogen) atoms. The zero-order chi connectivity index (χ0) is 31.4. The van der Waals surface area contributed by atoms with Gasteiger partial charge in [0, 0.05) is 23.5 Å². The zero-order valence-electron chi connectivity index (χ0n) is 24.8. The zero-order valence-corrected chi connectivity index (χ0v) is 24.8. The van der Waals surface area contributed by atoms with Crippen molar-refractivity contribution in [3.63, 3.8) is 0 Å². The molecule has 0 fully saturated rings. The van der Waals surface area contributed by atoms with Crippen molar-refractivity contribution in [2.45, 2.75) is 76.5 Å². The van der Waals surface area contributed by atoms with Crippen molar-refractivity contribution >= 4 is 34.6 Å². The number of aliphatic carboxylic acids is 1. The molecule has 0 saturated carbocycles. The molecule has 1 aromatic heterocycles. The maximum Gasteiger partial charge on any atom is 0.326 e. The molecule has 11 heteroatoms. The molecule has 3 rings (SSSR count). The van der Waals surface area contributed by atoms with Gasteiger partial charge in [0.1, 0.15) is 18.1 Å². The van der Waals surface area contributed by atoms with Crippen LogP contribution in [0.1, 0.15) is 50.7 Å². The Balaban J connectivity index is 1.84. The monoisotopic (exact) mass is 592 g/mol. The van der Waals surface area contributed by atoms with Gasteiger partial charge in [-0.2, -0.15) is 0 Å². The first-order valence-corrected chi connectivity index (χ1v) is 14.8. The molecular formula is C32H44N6O5. The van der Waals surface area contributed by atoms with Gasteiger partial charge in [0.25, 0.3) is 0 Å². The van der Waals surface area contributed by atoms with Crippen LogP contribution < -0.4 is 27.4 Å². The molecule has 0 aliphatic heterocycles. The molecule has 0 radical (unpaired) electrons. The number of carbonyl (C=O) groups is 4. The number of rotatable bonds is 17. The van der Waals surface area contributed by atoms with Gasteiger partial charge in [-0.15, -0.1) is 0 Å². The van der Waals surface area contributed by atoms with E-state index in [0.29, 0.717) is 25.8 Å². The molecule has 5 atom stereocenters. The van der Waals surface area contributed by atoms with Crippen LogP contribution in [0.2, 0.25) is 0 Å². The van der Waals surface area contributed by atoms with Crippen molar-refractivity contribution < 1.29 is 24.3 Å². The van der Waals surface area contributed by atoms with Gasteiger partial charge in [0.05, 0.1) is 6.04 Å². The van der Waals surface area contributed by atoms with Crippen LogP contribution in [0.5, 0.6) is 0 Å². The highest BCUT2D eigenvalue weighted by atomic mass is 16.4. The molecular weight excluding hydrogens is 548 g/mol. The Morgan fingerprint density at radius 1 is 0.860 bits per heavy atom. The van der Waals surface area contributed by atoms with E-state index in [4.69, 9.17) is 11.5 Å². The largest absolute Gasteiger partial charge is 0.480 e. The van der Waals surface area contributed by atoms with Crippen LogP contribution in [-0.4, -0.2) is 64.5 Å². The van der Waals surface area contributed by atoms with Crippen LogP contribution in [-0.2, 0) is 32.0 Å². The molecule has 0 spiro atoms. The molecule has 0 saturated heterocycles. The average Bonchev–Trinajstić information content (AvgIpc) is 3.41. The summed E-state index contributed by atoms with van der Waals surface area (Å²) in [6, 6.07) is 12.9. The number of nitrogens with two attached hydrogens (primary N) is 2. The second-order valence-electron chi connectivity index (χ2n) is 11.0. The summed E-state index contributed by atoms with van der Waals surface area (Å²) in [5.74, 6) is -3.14. The number of unbranched alkanes of at least 4 members (excludes halogenated alkanes) is 1. The third-order valence-electron chi connectivity index (χ3n) is 7.72. The summed E-state index contributed by atoms with van der Waals surface area (Å²) in [7, 11) is 0. The molecule has 1 heterocycles. The van der Waals surface area contributed by atoms with E-state index in [9.17, 15) is 24.3 Å². The molecule has 0 aliphatic rings. The second-order valence-corrected chi connectivity index (χ2v) is 11.0. The number of fused-ring (bicyclic) bond motifs is 1. The minimum Gasteiger partial charge on any atom is -0.480 e. The first kappa shape index (κ1) is 33.3. The fourth-order valence-corrected chi connectivity index (χ4v) is 4.94. The Bertz CT molecular complexity index is 1360. The number of nitrogens with one attached hydrogen (secondary N) is 4. The summed E-state index contributed by atoms with van der Waals surface area (Å²) in [6.07, 6.45) is 4.17. The topological polar surface area (TPSA) is 192 Å². The van der Waals surface area contributed by atoms with E-state index in [2.05, 4.69) is 20.9 Å². The summed E-state index contributed by atoms with van der Waals surface area (Å²) in [5.41, 5.74) is 14.5. The van der Waals surface area contributed by atoms with E-state index in [1.54, 1.807) is 13.1 Å². The second kappa shape index (κ2) is 16.4. The molecule has 3 amide bonds. The lowest BCUT2D eigenvalue weighted by molar-refractivity contribution is -0.144. The van der Waals surface area contributed by atoms with Crippen LogP contribution in [0, 0.1) is 5.92 Å². The van der Waals surface area contributed by atoms with Crippen molar-refractivity contribution in [1.29, 1.82) is 0 Å². The Labute approximate surface area is 252 Å². The summed E-state index contributed by atoms with van der Waals surface area (Å²) in [5, 5.41) is 18.8. The van der Waals surface area contributed by atoms with Gasteiger partial charge >= 0.3 is 5.97 Å². The number of para-hydroxylation sites is 1. The predicted molar refractivity (Wildman–Crippen MR) is 166 cm³/mol. The summed E-state index contributed by atoms with van der Waals surface area (Å²) in [6.45, 7) is 3.99. The number of carboxylic acids is 1. The van der Waals surface area contributed by atoms with Crippen molar-refractivity contribution in [1.82, 2.24) is 20.9 Å². The lowest BCUT2D eigenvalue weighted by Crippen LogP contribution is -2.58. The number of aromatic nitrogens is 1. The number of carbonyl (C=O) groups excluding carboxylic acids is 3. The summed E-state index contributed by atoms with van der Waals surface area (Å²) >= 11 is 0. The van der Waals surface area contributed by atoms with Gasteiger partial charge in [0.2, 0.25) is 17.7 Å². The van der Waals surface area contributed by atoms with Crippen molar-refractivity contribution in [2.75, 3.05) is 6.54 Å². The molecule has 232 valence electrons. The average molecular weight is 593 g/mol. The number of hydrogen-bond acceptors (Lipinski definition) is 6. The van der Waals surface area contributed by atoms with E-state index < -0.39 is 47.9 Å². The van der Waals surface area contributed by atoms with E-state index >= 15 is 0 Å². The number of H-pyrrole nitrogens is 1. The Morgan fingerprint density at radius 2 is 1.51 bits per heavy atom.